The Labute approximate surface area is 218 Å². The molecule has 2 aromatic rings. The van der Waals surface area contributed by atoms with E-state index in [0.717, 1.165) is 11.1 Å². The third kappa shape index (κ3) is 7.09. The predicted molar refractivity (Wildman–Crippen MR) is 141 cm³/mol. The highest BCUT2D eigenvalue weighted by atomic mass is 16.6. The second kappa shape index (κ2) is 11.5. The fourth-order valence-corrected chi connectivity index (χ4v) is 4.54. The number of benzene rings is 2. The topological polar surface area (TPSA) is 108 Å². The first-order valence-electron chi connectivity index (χ1n) is 12.3. The highest BCUT2D eigenvalue weighted by molar-refractivity contribution is 5.94. The zero-order chi connectivity index (χ0) is 27.3. The molecule has 0 aliphatic carbocycles. The maximum Gasteiger partial charge on any atom is 0.329 e. The quantitative estimate of drug-likeness (QED) is 0.581. The van der Waals surface area contributed by atoms with Gasteiger partial charge in [0.05, 0.1) is 18.5 Å². The minimum Gasteiger partial charge on any atom is -0.458 e. The van der Waals surface area contributed by atoms with Gasteiger partial charge in [0, 0.05) is 19.8 Å². The monoisotopic (exact) mass is 508 g/mol. The molecule has 4 amide bonds. The van der Waals surface area contributed by atoms with Crippen LogP contribution in [0.1, 0.15) is 44.4 Å². The van der Waals surface area contributed by atoms with E-state index in [9.17, 15) is 19.2 Å². The number of anilines is 1. The molecule has 9 nitrogen and oxygen atoms in total. The molecule has 0 spiro atoms. The first-order valence-corrected chi connectivity index (χ1v) is 12.3. The summed E-state index contributed by atoms with van der Waals surface area (Å²) in [6.07, 6.45) is 0.118. The van der Waals surface area contributed by atoms with E-state index < -0.39 is 41.5 Å². The van der Waals surface area contributed by atoms with Crippen molar-refractivity contribution in [2.24, 2.45) is 5.92 Å². The van der Waals surface area contributed by atoms with E-state index >= 15 is 0 Å². The highest BCUT2D eigenvalue weighted by Crippen LogP contribution is 2.42. The second-order valence-electron chi connectivity index (χ2n) is 10.5. The van der Waals surface area contributed by atoms with E-state index in [1.54, 1.807) is 40.9 Å². The van der Waals surface area contributed by atoms with Crippen LogP contribution in [-0.2, 0) is 19.1 Å². The van der Waals surface area contributed by atoms with Crippen LogP contribution >= 0.6 is 0 Å². The fraction of sp³-hybridized carbons (Fsp3) is 0.429. The van der Waals surface area contributed by atoms with Crippen molar-refractivity contribution in [1.82, 2.24) is 15.1 Å². The van der Waals surface area contributed by atoms with E-state index in [1.165, 1.54) is 9.80 Å². The number of carbonyl (C=O) groups is 4. The minimum atomic E-state index is -0.979. The van der Waals surface area contributed by atoms with Crippen LogP contribution in [0.2, 0.25) is 0 Å². The van der Waals surface area contributed by atoms with Gasteiger partial charge in [-0.1, -0.05) is 42.5 Å². The third-order valence-electron chi connectivity index (χ3n) is 6.04. The molecule has 0 radical (unpaired) electrons. The number of urea groups is 1. The lowest BCUT2D eigenvalue weighted by Crippen LogP contribution is -2.49. The van der Waals surface area contributed by atoms with Crippen molar-refractivity contribution in [3.05, 3.63) is 65.7 Å². The number of aryl methyl sites for hydroxylation is 1. The number of hydrogen-bond acceptors (Lipinski definition) is 5. The van der Waals surface area contributed by atoms with Crippen molar-refractivity contribution in [1.29, 1.82) is 0 Å². The molecular formula is C28H36N4O5. The highest BCUT2D eigenvalue weighted by Gasteiger charge is 2.51. The van der Waals surface area contributed by atoms with E-state index in [4.69, 9.17) is 4.74 Å². The molecule has 0 bridgehead atoms. The zero-order valence-electron chi connectivity index (χ0n) is 22.3. The molecule has 1 fully saturated rings. The van der Waals surface area contributed by atoms with Crippen molar-refractivity contribution < 1.29 is 23.9 Å². The van der Waals surface area contributed by atoms with Crippen molar-refractivity contribution in [3.8, 4) is 0 Å². The summed E-state index contributed by atoms with van der Waals surface area (Å²) < 4.78 is 5.63. The Bertz CT molecular complexity index is 1140. The lowest BCUT2D eigenvalue weighted by Gasteiger charge is -2.32. The summed E-state index contributed by atoms with van der Waals surface area (Å²) in [5.41, 5.74) is 1.53. The van der Waals surface area contributed by atoms with E-state index in [1.807, 2.05) is 55.5 Å². The predicted octanol–water partition coefficient (Wildman–Crippen LogP) is 3.50. The molecule has 198 valence electrons. The summed E-state index contributed by atoms with van der Waals surface area (Å²) >= 11 is 0. The third-order valence-corrected chi connectivity index (χ3v) is 6.04. The Kier molecular flexibility index (Phi) is 8.57. The lowest BCUT2D eigenvalue weighted by atomic mass is 9.92. The molecule has 1 saturated heterocycles. The summed E-state index contributed by atoms with van der Waals surface area (Å²) in [7, 11) is 3.29. The molecule has 0 saturated carbocycles. The normalized spacial score (nSPS) is 19.2. The fourth-order valence-electron chi connectivity index (χ4n) is 4.54. The van der Waals surface area contributed by atoms with Gasteiger partial charge >= 0.3 is 12.0 Å². The second-order valence-corrected chi connectivity index (χ2v) is 10.5. The Morgan fingerprint density at radius 2 is 1.70 bits per heavy atom. The van der Waals surface area contributed by atoms with E-state index in [2.05, 4.69) is 10.6 Å². The lowest BCUT2D eigenvalue weighted by molar-refractivity contribution is -0.164. The van der Waals surface area contributed by atoms with Gasteiger partial charge in [-0.05, 0) is 57.4 Å². The number of esters is 1. The molecule has 1 aliphatic heterocycles. The van der Waals surface area contributed by atoms with Crippen LogP contribution in [0.25, 0.3) is 0 Å². The van der Waals surface area contributed by atoms with Gasteiger partial charge in [-0.2, -0.15) is 0 Å². The van der Waals surface area contributed by atoms with Gasteiger partial charge in [-0.3, -0.25) is 9.59 Å². The summed E-state index contributed by atoms with van der Waals surface area (Å²) in [6, 6.07) is 14.2. The smallest absolute Gasteiger partial charge is 0.329 e. The zero-order valence-corrected chi connectivity index (χ0v) is 22.3. The van der Waals surface area contributed by atoms with Crippen molar-refractivity contribution in [2.45, 2.75) is 51.8 Å². The van der Waals surface area contributed by atoms with Gasteiger partial charge in [0.25, 0.3) is 0 Å². The SMILES string of the molecule is Cc1cccc(NC(=O)NCC(=O)N2C(C(=O)OC(C)(C)C)CC(C(=O)N(C)C)C2c2ccccc2)c1. The summed E-state index contributed by atoms with van der Waals surface area (Å²) in [4.78, 5) is 55.5. The first-order chi connectivity index (χ1) is 17.4. The molecule has 3 unspecified atom stereocenters. The average Bonchev–Trinajstić information content (AvgIpc) is 3.22. The van der Waals surface area contributed by atoms with Crippen LogP contribution in [-0.4, -0.2) is 65.9 Å². The molecule has 1 aliphatic rings. The van der Waals surface area contributed by atoms with Crippen molar-refractivity contribution >= 4 is 29.5 Å². The maximum absolute atomic E-state index is 13.6. The first kappa shape index (κ1) is 27.7. The van der Waals surface area contributed by atoms with E-state index in [-0.39, 0.29) is 18.9 Å². The Morgan fingerprint density at radius 3 is 2.30 bits per heavy atom. The van der Waals surface area contributed by atoms with Gasteiger partial charge < -0.3 is 25.2 Å². The molecule has 2 aromatic carbocycles. The molecule has 9 heteroatoms. The number of nitrogens with one attached hydrogen (secondary N) is 2. The van der Waals surface area contributed by atoms with Crippen LogP contribution in [0, 0.1) is 12.8 Å². The molecule has 2 N–H and O–H groups in total. The van der Waals surface area contributed by atoms with Gasteiger partial charge in [0.15, 0.2) is 0 Å². The summed E-state index contributed by atoms with van der Waals surface area (Å²) in [5.74, 6) is -1.92. The molecule has 0 aromatic heterocycles. The standard InChI is InChI=1S/C28H36N4O5/c1-18-11-10-14-20(15-18)30-27(36)29-17-23(33)32-22(26(35)37-28(2,3)4)16-21(25(34)31(5)6)24(32)19-12-8-7-9-13-19/h7-15,21-22,24H,16-17H2,1-6H3,(H2,29,30,36). The van der Waals surface area contributed by atoms with Crippen LogP contribution in [0.3, 0.4) is 0 Å². The molecular weight excluding hydrogens is 472 g/mol. The number of amides is 4. The molecule has 3 rings (SSSR count). The summed E-state index contributed by atoms with van der Waals surface area (Å²) in [5, 5.41) is 5.29. The Balaban J connectivity index is 1.89. The van der Waals surface area contributed by atoms with Gasteiger partial charge in [-0.15, -0.1) is 0 Å². The number of rotatable bonds is 6. The molecule has 3 atom stereocenters. The Hall–Kier alpha value is -3.88. The largest absolute Gasteiger partial charge is 0.458 e. The average molecular weight is 509 g/mol. The van der Waals surface area contributed by atoms with Crippen LogP contribution in [0.15, 0.2) is 54.6 Å². The van der Waals surface area contributed by atoms with Crippen molar-refractivity contribution in [3.63, 3.8) is 0 Å². The van der Waals surface area contributed by atoms with E-state index in [0.29, 0.717) is 5.69 Å². The number of carbonyl (C=O) groups excluding carboxylic acids is 4. The van der Waals surface area contributed by atoms with Crippen LogP contribution in [0.5, 0.6) is 0 Å². The molecule has 37 heavy (non-hydrogen) atoms. The molecule has 1 heterocycles. The van der Waals surface area contributed by atoms with Gasteiger partial charge in [0.2, 0.25) is 11.8 Å². The van der Waals surface area contributed by atoms with Crippen LogP contribution < -0.4 is 10.6 Å². The minimum absolute atomic E-state index is 0.118. The number of ether oxygens (including phenoxy) is 1. The number of likely N-dealkylation sites (tertiary alicyclic amines) is 1. The van der Waals surface area contributed by atoms with Crippen molar-refractivity contribution in [2.75, 3.05) is 26.0 Å². The number of nitrogens with zero attached hydrogens (tertiary/aromatic N) is 2. The summed E-state index contributed by atoms with van der Waals surface area (Å²) in [6.45, 7) is 6.80. The Morgan fingerprint density at radius 1 is 1.03 bits per heavy atom. The van der Waals surface area contributed by atoms with Crippen LogP contribution in [0.4, 0.5) is 10.5 Å². The number of hydrogen-bond donors (Lipinski definition) is 2. The van der Waals surface area contributed by atoms with Gasteiger partial charge in [0.1, 0.15) is 11.6 Å². The van der Waals surface area contributed by atoms with Gasteiger partial charge in [-0.25, -0.2) is 9.59 Å². The maximum atomic E-state index is 13.6.